The van der Waals surface area contributed by atoms with Crippen molar-refractivity contribution in [2.24, 2.45) is 0 Å². The number of allylic oxidation sites excluding steroid dienone is 1. The van der Waals surface area contributed by atoms with Crippen LogP contribution in [0, 0.1) is 11.3 Å². The monoisotopic (exact) mass is 387 g/mol. The van der Waals surface area contributed by atoms with E-state index in [9.17, 15) is 21.6 Å². The van der Waals surface area contributed by atoms with E-state index < -0.39 is 26.9 Å². The van der Waals surface area contributed by atoms with Crippen molar-refractivity contribution in [2.75, 3.05) is 0 Å². The second kappa shape index (κ2) is 7.17. The molecule has 0 amide bonds. The highest BCUT2D eigenvalue weighted by Gasteiger charge is 2.31. The summed E-state index contributed by atoms with van der Waals surface area (Å²) < 4.78 is 65.0. The zero-order chi connectivity index (χ0) is 18.7. The van der Waals surface area contributed by atoms with Crippen LogP contribution < -0.4 is 4.74 Å². The molecule has 0 fully saturated rings. The normalized spacial score (nSPS) is 12.5. The molecule has 2 rings (SSSR count). The molecule has 9 heteroatoms. The van der Waals surface area contributed by atoms with E-state index in [0.29, 0.717) is 10.6 Å². The lowest BCUT2D eigenvalue weighted by Gasteiger charge is -2.09. The summed E-state index contributed by atoms with van der Waals surface area (Å²) >= 11 is 5.73. The van der Waals surface area contributed by atoms with E-state index in [-0.39, 0.29) is 4.90 Å². The van der Waals surface area contributed by atoms with Crippen LogP contribution in [0.15, 0.2) is 58.3 Å². The van der Waals surface area contributed by atoms with Gasteiger partial charge in [-0.15, -0.1) is 13.2 Å². The largest absolute Gasteiger partial charge is 0.573 e. The Morgan fingerprint density at radius 3 is 2.12 bits per heavy atom. The summed E-state index contributed by atoms with van der Waals surface area (Å²) in [6.07, 6.45) is -3.74. The average Bonchev–Trinajstić information content (AvgIpc) is 2.53. The Bertz CT molecular complexity index is 929. The summed E-state index contributed by atoms with van der Waals surface area (Å²) in [6.45, 7) is 0. The molecular formula is C16H9ClF3NO3S. The van der Waals surface area contributed by atoms with Crippen LogP contribution in [0.3, 0.4) is 0 Å². The molecule has 25 heavy (non-hydrogen) atoms. The van der Waals surface area contributed by atoms with Gasteiger partial charge in [0.1, 0.15) is 16.7 Å². The van der Waals surface area contributed by atoms with Gasteiger partial charge in [0.15, 0.2) is 0 Å². The van der Waals surface area contributed by atoms with Crippen LogP contribution in [0.1, 0.15) is 5.56 Å². The Morgan fingerprint density at radius 2 is 1.64 bits per heavy atom. The standard InChI is InChI=1S/C16H9ClF3NO3S/c17-12-3-1-11(2-4-12)9-15(10-21)25(22,23)14-7-5-13(6-8-14)24-16(18,19)20/h1-9H. The third-order valence-electron chi connectivity index (χ3n) is 2.94. The molecule has 4 nitrogen and oxygen atoms in total. The Balaban J connectivity index is 2.35. The van der Waals surface area contributed by atoms with Gasteiger partial charge in [0, 0.05) is 5.02 Å². The molecule has 0 saturated carbocycles. The summed E-state index contributed by atoms with van der Waals surface area (Å²) in [5.74, 6) is -0.563. The number of alkyl halides is 3. The maximum Gasteiger partial charge on any atom is 0.573 e. The fraction of sp³-hybridized carbons (Fsp3) is 0.0625. The number of benzene rings is 2. The van der Waals surface area contributed by atoms with Gasteiger partial charge >= 0.3 is 6.36 Å². The quantitative estimate of drug-likeness (QED) is 0.720. The number of halogens is 4. The van der Waals surface area contributed by atoms with E-state index in [4.69, 9.17) is 16.9 Å². The predicted molar refractivity (Wildman–Crippen MR) is 85.4 cm³/mol. The topological polar surface area (TPSA) is 67.2 Å². The van der Waals surface area contributed by atoms with Crippen LogP contribution in [0.2, 0.25) is 5.02 Å². The van der Waals surface area contributed by atoms with E-state index >= 15 is 0 Å². The van der Waals surface area contributed by atoms with E-state index in [1.54, 1.807) is 6.07 Å². The molecule has 0 aliphatic carbocycles. The Hall–Kier alpha value is -2.50. The molecule has 0 aliphatic rings. The number of hydrogen-bond acceptors (Lipinski definition) is 4. The minimum atomic E-state index is -4.88. The molecule has 0 saturated heterocycles. The number of ether oxygens (including phenoxy) is 1. The van der Waals surface area contributed by atoms with Crippen molar-refractivity contribution in [1.82, 2.24) is 0 Å². The van der Waals surface area contributed by atoms with Gasteiger partial charge in [-0.25, -0.2) is 8.42 Å². The molecular weight excluding hydrogens is 379 g/mol. The number of hydrogen-bond donors (Lipinski definition) is 0. The van der Waals surface area contributed by atoms with Gasteiger partial charge in [0.25, 0.3) is 0 Å². The van der Waals surface area contributed by atoms with Crippen molar-refractivity contribution < 1.29 is 26.3 Å². The second-order valence-electron chi connectivity index (χ2n) is 4.69. The molecule has 0 radical (unpaired) electrons. The maximum absolute atomic E-state index is 12.5. The molecule has 0 bridgehead atoms. The molecule has 0 unspecified atom stereocenters. The molecule has 0 heterocycles. The summed E-state index contributed by atoms with van der Waals surface area (Å²) in [5, 5.41) is 9.59. The smallest absolute Gasteiger partial charge is 0.406 e. The minimum absolute atomic E-state index is 0.330. The molecule has 0 atom stereocenters. The number of nitriles is 1. The number of nitrogens with zero attached hydrogens (tertiary/aromatic N) is 1. The van der Waals surface area contributed by atoms with Gasteiger partial charge in [0.05, 0.1) is 4.90 Å². The zero-order valence-corrected chi connectivity index (χ0v) is 13.9. The molecule has 2 aromatic rings. The fourth-order valence-electron chi connectivity index (χ4n) is 1.83. The average molecular weight is 388 g/mol. The first-order valence-electron chi connectivity index (χ1n) is 6.60. The van der Waals surface area contributed by atoms with Gasteiger partial charge in [-0.05, 0) is 48.0 Å². The van der Waals surface area contributed by atoms with Crippen molar-refractivity contribution in [3.8, 4) is 11.8 Å². The molecule has 0 aromatic heterocycles. The molecule has 0 aliphatic heterocycles. The van der Waals surface area contributed by atoms with Crippen LogP contribution in [0.25, 0.3) is 6.08 Å². The first-order valence-corrected chi connectivity index (χ1v) is 8.46. The molecule has 130 valence electrons. The summed E-state index contributed by atoms with van der Waals surface area (Å²) in [5.41, 5.74) is 0.432. The first-order chi connectivity index (χ1) is 11.6. The van der Waals surface area contributed by atoms with Gasteiger partial charge in [-0.1, -0.05) is 23.7 Å². The SMILES string of the molecule is N#CC(=Cc1ccc(Cl)cc1)S(=O)(=O)c1ccc(OC(F)(F)F)cc1. The van der Waals surface area contributed by atoms with Crippen LogP contribution in [0.4, 0.5) is 13.2 Å². The Labute approximate surface area is 146 Å². The Morgan fingerprint density at radius 1 is 1.08 bits per heavy atom. The van der Waals surface area contributed by atoms with Crippen molar-refractivity contribution in [1.29, 1.82) is 5.26 Å². The van der Waals surface area contributed by atoms with Crippen LogP contribution >= 0.6 is 11.6 Å². The van der Waals surface area contributed by atoms with Crippen molar-refractivity contribution >= 4 is 27.5 Å². The summed E-state index contributed by atoms with van der Waals surface area (Å²) in [6, 6.07) is 11.3. The van der Waals surface area contributed by atoms with E-state index in [1.807, 2.05) is 0 Å². The van der Waals surface area contributed by atoms with E-state index in [0.717, 1.165) is 30.3 Å². The summed E-state index contributed by atoms with van der Waals surface area (Å²) in [7, 11) is -4.19. The third-order valence-corrected chi connectivity index (χ3v) is 4.87. The summed E-state index contributed by atoms with van der Waals surface area (Å²) in [4.78, 5) is -0.886. The minimum Gasteiger partial charge on any atom is -0.406 e. The maximum atomic E-state index is 12.5. The molecule has 2 aromatic carbocycles. The van der Waals surface area contributed by atoms with Crippen molar-refractivity contribution in [2.45, 2.75) is 11.3 Å². The number of rotatable bonds is 4. The third kappa shape index (κ3) is 4.98. The van der Waals surface area contributed by atoms with Gasteiger partial charge in [-0.2, -0.15) is 5.26 Å². The first kappa shape index (κ1) is 18.8. The van der Waals surface area contributed by atoms with E-state index in [2.05, 4.69) is 4.74 Å². The Kier molecular flexibility index (Phi) is 5.40. The zero-order valence-electron chi connectivity index (χ0n) is 12.3. The van der Waals surface area contributed by atoms with Gasteiger partial charge < -0.3 is 4.74 Å². The number of sulfone groups is 1. The van der Waals surface area contributed by atoms with Crippen LogP contribution in [-0.2, 0) is 9.84 Å². The fourth-order valence-corrected chi connectivity index (χ4v) is 3.11. The second-order valence-corrected chi connectivity index (χ2v) is 7.05. The van der Waals surface area contributed by atoms with Gasteiger partial charge in [-0.3, -0.25) is 0 Å². The van der Waals surface area contributed by atoms with Gasteiger partial charge in [0.2, 0.25) is 9.84 Å². The highest BCUT2D eigenvalue weighted by molar-refractivity contribution is 7.95. The highest BCUT2D eigenvalue weighted by Crippen LogP contribution is 2.27. The van der Waals surface area contributed by atoms with Crippen LogP contribution in [-0.4, -0.2) is 14.8 Å². The van der Waals surface area contributed by atoms with Crippen molar-refractivity contribution in [3.05, 3.63) is 64.0 Å². The van der Waals surface area contributed by atoms with E-state index in [1.165, 1.54) is 24.3 Å². The lowest BCUT2D eigenvalue weighted by Crippen LogP contribution is -2.17. The lowest BCUT2D eigenvalue weighted by molar-refractivity contribution is -0.274. The van der Waals surface area contributed by atoms with Crippen molar-refractivity contribution in [3.63, 3.8) is 0 Å². The molecule has 0 N–H and O–H groups in total. The predicted octanol–water partition coefficient (Wildman–Crippen LogP) is 4.58. The highest BCUT2D eigenvalue weighted by atomic mass is 35.5. The van der Waals surface area contributed by atoms with Crippen LogP contribution in [0.5, 0.6) is 5.75 Å². The lowest BCUT2D eigenvalue weighted by atomic mass is 10.2. The molecule has 0 spiro atoms.